The maximum Gasteiger partial charge on any atom is 0.311 e. The van der Waals surface area contributed by atoms with Gasteiger partial charge in [-0.2, -0.15) is 0 Å². The Bertz CT molecular complexity index is 438. The lowest BCUT2D eigenvalue weighted by molar-refractivity contribution is -0.136. The van der Waals surface area contributed by atoms with Gasteiger partial charge in [-0.15, -0.1) is 0 Å². The topological polar surface area (TPSA) is 80.0 Å². The van der Waals surface area contributed by atoms with Gasteiger partial charge < -0.3 is 19.2 Å². The molecule has 0 aliphatic rings. The standard InChI is InChI=1S/C13H19NO5/c1-9(2)18-7-5-14(3)13(17)10-4-6-19-11(10)8-12(15)16/h4,6,9H,5,7-8H2,1-3H3,(H,15,16). The lowest BCUT2D eigenvalue weighted by Gasteiger charge is -2.17. The molecule has 1 heterocycles. The molecule has 0 aromatic carbocycles. The van der Waals surface area contributed by atoms with Crippen LogP contribution in [-0.4, -0.2) is 48.2 Å². The average molecular weight is 269 g/mol. The van der Waals surface area contributed by atoms with Crippen molar-refractivity contribution >= 4 is 11.9 Å². The van der Waals surface area contributed by atoms with E-state index in [4.69, 9.17) is 14.3 Å². The van der Waals surface area contributed by atoms with E-state index in [2.05, 4.69) is 0 Å². The molecule has 0 atom stereocenters. The van der Waals surface area contributed by atoms with E-state index in [0.717, 1.165) is 0 Å². The summed E-state index contributed by atoms with van der Waals surface area (Å²) in [4.78, 5) is 24.2. The smallest absolute Gasteiger partial charge is 0.311 e. The summed E-state index contributed by atoms with van der Waals surface area (Å²) < 4.78 is 10.4. The van der Waals surface area contributed by atoms with Crippen molar-refractivity contribution in [3.63, 3.8) is 0 Å². The number of aliphatic carboxylic acids is 1. The normalized spacial score (nSPS) is 10.7. The molecular formula is C13H19NO5. The van der Waals surface area contributed by atoms with Gasteiger partial charge in [-0.25, -0.2) is 0 Å². The first-order valence-corrected chi connectivity index (χ1v) is 6.07. The second-order valence-electron chi connectivity index (χ2n) is 4.47. The highest BCUT2D eigenvalue weighted by atomic mass is 16.5. The third-order valence-electron chi connectivity index (χ3n) is 2.51. The molecule has 1 N–H and O–H groups in total. The third-order valence-corrected chi connectivity index (χ3v) is 2.51. The van der Waals surface area contributed by atoms with Gasteiger partial charge in [0.1, 0.15) is 12.2 Å². The van der Waals surface area contributed by atoms with Crippen molar-refractivity contribution in [3.8, 4) is 0 Å². The quantitative estimate of drug-likeness (QED) is 0.809. The highest BCUT2D eigenvalue weighted by Gasteiger charge is 2.20. The fraction of sp³-hybridized carbons (Fsp3) is 0.538. The molecule has 0 aliphatic carbocycles. The molecule has 0 fully saturated rings. The number of hydrogen-bond acceptors (Lipinski definition) is 4. The van der Waals surface area contributed by atoms with Crippen molar-refractivity contribution in [3.05, 3.63) is 23.7 Å². The number of ether oxygens (including phenoxy) is 1. The number of carboxylic acids is 1. The summed E-state index contributed by atoms with van der Waals surface area (Å²) in [5, 5.41) is 8.73. The van der Waals surface area contributed by atoms with Crippen LogP contribution in [0.1, 0.15) is 30.0 Å². The van der Waals surface area contributed by atoms with Crippen LogP contribution in [0.2, 0.25) is 0 Å². The molecule has 1 aromatic heterocycles. The number of rotatable bonds is 7. The van der Waals surface area contributed by atoms with Gasteiger partial charge in [-0.05, 0) is 19.9 Å². The van der Waals surface area contributed by atoms with E-state index in [-0.39, 0.29) is 29.8 Å². The molecule has 0 radical (unpaired) electrons. The van der Waals surface area contributed by atoms with E-state index in [1.807, 2.05) is 13.8 Å². The third kappa shape index (κ3) is 4.75. The minimum Gasteiger partial charge on any atom is -0.481 e. The Morgan fingerprint density at radius 2 is 2.16 bits per heavy atom. The first-order chi connectivity index (χ1) is 8.91. The van der Waals surface area contributed by atoms with Crippen LogP contribution in [-0.2, 0) is 16.0 Å². The Morgan fingerprint density at radius 1 is 1.47 bits per heavy atom. The second kappa shape index (κ2) is 6.94. The maximum absolute atomic E-state index is 12.1. The molecule has 0 unspecified atom stereocenters. The number of likely N-dealkylation sites (N-methyl/N-ethyl adjacent to an activating group) is 1. The van der Waals surface area contributed by atoms with Crippen molar-refractivity contribution in [2.75, 3.05) is 20.2 Å². The van der Waals surface area contributed by atoms with E-state index in [0.29, 0.717) is 13.2 Å². The van der Waals surface area contributed by atoms with Gasteiger partial charge in [0.15, 0.2) is 0 Å². The van der Waals surface area contributed by atoms with Crippen LogP contribution in [0.5, 0.6) is 0 Å². The van der Waals surface area contributed by atoms with E-state index in [9.17, 15) is 9.59 Å². The molecule has 0 aliphatic heterocycles. The number of hydrogen-bond donors (Lipinski definition) is 1. The van der Waals surface area contributed by atoms with Crippen molar-refractivity contribution in [1.82, 2.24) is 4.90 Å². The first-order valence-electron chi connectivity index (χ1n) is 6.07. The Hall–Kier alpha value is -1.82. The number of amides is 1. The SMILES string of the molecule is CC(C)OCCN(C)C(=O)c1ccoc1CC(=O)O. The summed E-state index contributed by atoms with van der Waals surface area (Å²) in [7, 11) is 1.64. The van der Waals surface area contributed by atoms with Crippen LogP contribution in [0.3, 0.4) is 0 Å². The van der Waals surface area contributed by atoms with E-state index < -0.39 is 5.97 Å². The summed E-state index contributed by atoms with van der Waals surface area (Å²) in [6, 6.07) is 1.49. The molecule has 1 rings (SSSR count). The molecular weight excluding hydrogens is 250 g/mol. The molecule has 19 heavy (non-hydrogen) atoms. The van der Waals surface area contributed by atoms with Gasteiger partial charge in [0.05, 0.1) is 24.5 Å². The Labute approximate surface area is 112 Å². The van der Waals surface area contributed by atoms with Crippen LogP contribution < -0.4 is 0 Å². The Balaban J connectivity index is 2.61. The van der Waals surface area contributed by atoms with E-state index in [1.165, 1.54) is 17.2 Å². The van der Waals surface area contributed by atoms with E-state index >= 15 is 0 Å². The van der Waals surface area contributed by atoms with Crippen LogP contribution in [0.4, 0.5) is 0 Å². The number of carbonyl (C=O) groups excluding carboxylic acids is 1. The molecule has 0 bridgehead atoms. The molecule has 6 heteroatoms. The predicted molar refractivity (Wildman–Crippen MR) is 68.1 cm³/mol. The number of carbonyl (C=O) groups is 2. The van der Waals surface area contributed by atoms with Crippen LogP contribution in [0.25, 0.3) is 0 Å². The van der Waals surface area contributed by atoms with Crippen molar-refractivity contribution < 1.29 is 23.8 Å². The van der Waals surface area contributed by atoms with Gasteiger partial charge in [0.2, 0.25) is 0 Å². The predicted octanol–water partition coefficient (Wildman–Crippen LogP) is 1.40. The molecule has 1 amide bonds. The minimum absolute atomic E-state index is 0.111. The average Bonchev–Trinajstić information content (AvgIpc) is 2.74. The van der Waals surface area contributed by atoms with Gasteiger partial charge in [-0.1, -0.05) is 0 Å². The lowest BCUT2D eigenvalue weighted by atomic mass is 10.2. The number of carboxylic acid groups (broad SMARTS) is 1. The second-order valence-corrected chi connectivity index (χ2v) is 4.47. The molecule has 0 saturated heterocycles. The largest absolute Gasteiger partial charge is 0.481 e. The number of nitrogens with zero attached hydrogens (tertiary/aromatic N) is 1. The van der Waals surface area contributed by atoms with Gasteiger partial charge in [-0.3, -0.25) is 9.59 Å². The number of furan rings is 1. The summed E-state index contributed by atoms with van der Waals surface area (Å²) in [6.45, 7) is 4.71. The van der Waals surface area contributed by atoms with Crippen molar-refractivity contribution in [2.45, 2.75) is 26.4 Å². The molecule has 6 nitrogen and oxygen atoms in total. The lowest BCUT2D eigenvalue weighted by Crippen LogP contribution is -2.31. The monoisotopic (exact) mass is 269 g/mol. The fourth-order valence-corrected chi connectivity index (χ4v) is 1.54. The van der Waals surface area contributed by atoms with Gasteiger partial charge in [0.25, 0.3) is 5.91 Å². The van der Waals surface area contributed by atoms with Crippen molar-refractivity contribution in [2.24, 2.45) is 0 Å². The molecule has 1 aromatic rings. The van der Waals surface area contributed by atoms with Crippen LogP contribution in [0, 0.1) is 0 Å². The summed E-state index contributed by atoms with van der Waals surface area (Å²) in [5.74, 6) is -1.12. The van der Waals surface area contributed by atoms with E-state index in [1.54, 1.807) is 7.05 Å². The molecule has 0 saturated carbocycles. The Morgan fingerprint density at radius 3 is 2.74 bits per heavy atom. The summed E-state index contributed by atoms with van der Waals surface area (Å²) >= 11 is 0. The van der Waals surface area contributed by atoms with Crippen molar-refractivity contribution in [1.29, 1.82) is 0 Å². The highest BCUT2D eigenvalue weighted by Crippen LogP contribution is 2.13. The maximum atomic E-state index is 12.1. The molecule has 106 valence electrons. The summed E-state index contributed by atoms with van der Waals surface area (Å²) in [5.41, 5.74) is 0.287. The zero-order valence-electron chi connectivity index (χ0n) is 11.4. The Kier molecular flexibility index (Phi) is 5.57. The molecule has 0 spiro atoms. The van der Waals surface area contributed by atoms with Gasteiger partial charge >= 0.3 is 5.97 Å². The first kappa shape index (κ1) is 15.2. The van der Waals surface area contributed by atoms with Crippen LogP contribution in [0.15, 0.2) is 16.7 Å². The van der Waals surface area contributed by atoms with Crippen LogP contribution >= 0.6 is 0 Å². The highest BCUT2D eigenvalue weighted by molar-refractivity contribution is 5.95. The fourth-order valence-electron chi connectivity index (χ4n) is 1.54. The zero-order chi connectivity index (χ0) is 14.4. The van der Waals surface area contributed by atoms with Gasteiger partial charge in [0, 0.05) is 13.6 Å². The minimum atomic E-state index is -1.03. The zero-order valence-corrected chi connectivity index (χ0v) is 11.4. The summed E-state index contributed by atoms with van der Waals surface area (Å²) in [6.07, 6.45) is 1.13.